The van der Waals surface area contributed by atoms with E-state index in [0.717, 1.165) is 25.9 Å². The first kappa shape index (κ1) is 17.9. The number of carboxylic acids is 1. The monoisotopic (exact) mass is 301 g/mol. The van der Waals surface area contributed by atoms with Crippen molar-refractivity contribution >= 4 is 11.9 Å². The van der Waals surface area contributed by atoms with E-state index in [1.54, 1.807) is 6.92 Å². The van der Waals surface area contributed by atoms with Crippen LogP contribution in [0.15, 0.2) is 0 Å². The third-order valence-corrected chi connectivity index (χ3v) is 3.80. The Morgan fingerprint density at radius 1 is 1.48 bits per heavy atom. The lowest BCUT2D eigenvalue weighted by molar-refractivity contribution is -0.150. The number of hydrogen-bond acceptors (Lipinski definition) is 4. The predicted octanol–water partition coefficient (Wildman–Crippen LogP) is 1.72. The Morgan fingerprint density at radius 3 is 2.71 bits per heavy atom. The molecule has 1 aliphatic heterocycles. The van der Waals surface area contributed by atoms with Crippen molar-refractivity contribution in [3.05, 3.63) is 0 Å². The quantitative estimate of drug-likeness (QED) is 0.713. The van der Waals surface area contributed by atoms with Crippen molar-refractivity contribution < 1.29 is 24.2 Å². The van der Waals surface area contributed by atoms with Gasteiger partial charge in [-0.25, -0.2) is 4.79 Å². The van der Waals surface area contributed by atoms with Crippen LogP contribution in [-0.2, 0) is 19.1 Å². The van der Waals surface area contributed by atoms with E-state index in [0.29, 0.717) is 19.4 Å². The zero-order valence-corrected chi connectivity index (χ0v) is 13.2. The number of ether oxygens (including phenoxy) is 2. The van der Waals surface area contributed by atoms with Crippen LogP contribution in [0, 0.1) is 0 Å². The van der Waals surface area contributed by atoms with Gasteiger partial charge in [-0.15, -0.1) is 0 Å². The number of carbonyl (C=O) groups is 2. The second-order valence-corrected chi connectivity index (χ2v) is 5.84. The van der Waals surface area contributed by atoms with Crippen LogP contribution in [0.1, 0.15) is 52.9 Å². The molecule has 3 atom stereocenters. The molecular formula is C15H27NO5. The fourth-order valence-corrected chi connectivity index (χ4v) is 2.36. The van der Waals surface area contributed by atoms with Crippen LogP contribution >= 0.6 is 0 Å². The van der Waals surface area contributed by atoms with Crippen molar-refractivity contribution in [1.82, 2.24) is 5.32 Å². The molecule has 2 N–H and O–H groups in total. The number of nitrogens with one attached hydrogen (secondary N) is 1. The summed E-state index contributed by atoms with van der Waals surface area (Å²) in [6, 6.07) is 0. The van der Waals surface area contributed by atoms with Crippen molar-refractivity contribution in [2.45, 2.75) is 70.6 Å². The molecule has 21 heavy (non-hydrogen) atoms. The summed E-state index contributed by atoms with van der Waals surface area (Å²) in [4.78, 5) is 23.4. The van der Waals surface area contributed by atoms with E-state index in [1.807, 2.05) is 6.92 Å². The fourth-order valence-electron chi connectivity index (χ4n) is 2.36. The number of hydrogen-bond donors (Lipinski definition) is 2. The molecule has 0 aromatic carbocycles. The molecule has 0 spiro atoms. The average Bonchev–Trinajstić information content (AvgIpc) is 2.45. The molecule has 6 heteroatoms. The summed E-state index contributed by atoms with van der Waals surface area (Å²) in [6.07, 6.45) is 3.53. The summed E-state index contributed by atoms with van der Waals surface area (Å²) < 4.78 is 11.1. The Kier molecular flexibility index (Phi) is 7.11. The van der Waals surface area contributed by atoms with Gasteiger partial charge in [0.25, 0.3) is 0 Å². The number of rotatable bonds is 8. The van der Waals surface area contributed by atoms with E-state index in [-0.39, 0.29) is 6.10 Å². The van der Waals surface area contributed by atoms with Crippen molar-refractivity contribution in [3.8, 4) is 0 Å². The molecule has 1 amide bonds. The van der Waals surface area contributed by atoms with Gasteiger partial charge in [0, 0.05) is 6.61 Å². The molecule has 122 valence electrons. The average molecular weight is 301 g/mol. The fraction of sp³-hybridized carbons (Fsp3) is 0.867. The molecule has 3 unspecified atom stereocenters. The molecule has 0 aromatic heterocycles. The van der Waals surface area contributed by atoms with Crippen LogP contribution < -0.4 is 5.32 Å². The predicted molar refractivity (Wildman–Crippen MR) is 78.1 cm³/mol. The first-order chi connectivity index (χ1) is 9.89. The van der Waals surface area contributed by atoms with Gasteiger partial charge in [0.05, 0.1) is 12.7 Å². The van der Waals surface area contributed by atoms with Crippen LogP contribution in [-0.4, -0.2) is 47.9 Å². The maximum absolute atomic E-state index is 12.1. The Bertz CT molecular complexity index is 354. The normalized spacial score (nSPS) is 23.1. The summed E-state index contributed by atoms with van der Waals surface area (Å²) in [7, 11) is 0. The van der Waals surface area contributed by atoms with Gasteiger partial charge in [0.15, 0.2) is 0 Å². The minimum Gasteiger partial charge on any atom is -0.480 e. The number of aliphatic carboxylic acids is 1. The van der Waals surface area contributed by atoms with Gasteiger partial charge < -0.3 is 19.9 Å². The Hall–Kier alpha value is -1.14. The highest BCUT2D eigenvalue weighted by Crippen LogP contribution is 2.15. The summed E-state index contributed by atoms with van der Waals surface area (Å²) >= 11 is 0. The van der Waals surface area contributed by atoms with Crippen LogP contribution in [0.2, 0.25) is 0 Å². The van der Waals surface area contributed by atoms with Gasteiger partial charge >= 0.3 is 5.97 Å². The molecule has 0 radical (unpaired) electrons. The van der Waals surface area contributed by atoms with E-state index in [2.05, 4.69) is 5.32 Å². The highest BCUT2D eigenvalue weighted by atomic mass is 16.5. The maximum Gasteiger partial charge on any atom is 0.329 e. The molecule has 1 aliphatic rings. The smallest absolute Gasteiger partial charge is 0.329 e. The summed E-state index contributed by atoms with van der Waals surface area (Å²) in [6.45, 7) is 6.14. The Labute approximate surface area is 126 Å². The minimum atomic E-state index is -1.25. The third kappa shape index (κ3) is 5.63. The zero-order chi connectivity index (χ0) is 15.9. The number of carbonyl (C=O) groups excluding carboxylic acids is 1. The van der Waals surface area contributed by atoms with Crippen LogP contribution in [0.4, 0.5) is 0 Å². The molecule has 0 bridgehead atoms. The van der Waals surface area contributed by atoms with Crippen molar-refractivity contribution in [1.29, 1.82) is 0 Å². The summed E-state index contributed by atoms with van der Waals surface area (Å²) in [5.41, 5.74) is -1.25. The zero-order valence-electron chi connectivity index (χ0n) is 13.2. The topological polar surface area (TPSA) is 84.9 Å². The minimum absolute atomic E-state index is 0.0375. The highest BCUT2D eigenvalue weighted by Gasteiger charge is 2.35. The van der Waals surface area contributed by atoms with Gasteiger partial charge in [0.2, 0.25) is 5.91 Å². The summed E-state index contributed by atoms with van der Waals surface area (Å²) in [5, 5.41) is 11.8. The van der Waals surface area contributed by atoms with Crippen LogP contribution in [0.25, 0.3) is 0 Å². The van der Waals surface area contributed by atoms with E-state index in [9.17, 15) is 14.7 Å². The second kappa shape index (κ2) is 8.34. The van der Waals surface area contributed by atoms with E-state index >= 15 is 0 Å². The van der Waals surface area contributed by atoms with Crippen molar-refractivity contribution in [2.75, 3.05) is 13.2 Å². The molecule has 6 nitrogen and oxygen atoms in total. The Balaban J connectivity index is 2.43. The van der Waals surface area contributed by atoms with Gasteiger partial charge in [-0.1, -0.05) is 13.3 Å². The van der Waals surface area contributed by atoms with Crippen molar-refractivity contribution in [2.24, 2.45) is 0 Å². The molecule has 1 rings (SSSR count). The standard InChI is InChI=1S/C15H27NO5/c1-4-8-15(3,14(18)19)16-13(17)11(2)21-10-12-7-5-6-9-20-12/h11-12H,4-10H2,1-3H3,(H,16,17)(H,18,19). The van der Waals surface area contributed by atoms with E-state index in [1.165, 1.54) is 6.92 Å². The first-order valence-electron chi connectivity index (χ1n) is 7.67. The van der Waals surface area contributed by atoms with Gasteiger partial charge in [-0.3, -0.25) is 4.79 Å². The molecule has 0 aromatic rings. The largest absolute Gasteiger partial charge is 0.480 e. The van der Waals surface area contributed by atoms with Gasteiger partial charge in [-0.2, -0.15) is 0 Å². The lowest BCUT2D eigenvalue weighted by Crippen LogP contribution is -2.54. The third-order valence-electron chi connectivity index (χ3n) is 3.80. The van der Waals surface area contributed by atoms with Gasteiger partial charge in [-0.05, 0) is 39.5 Å². The highest BCUT2D eigenvalue weighted by molar-refractivity contribution is 5.88. The lowest BCUT2D eigenvalue weighted by atomic mass is 9.96. The lowest BCUT2D eigenvalue weighted by Gasteiger charge is -2.28. The molecule has 1 fully saturated rings. The molecule has 0 aliphatic carbocycles. The first-order valence-corrected chi connectivity index (χ1v) is 7.67. The number of amides is 1. The van der Waals surface area contributed by atoms with Crippen LogP contribution in [0.3, 0.4) is 0 Å². The molecular weight excluding hydrogens is 274 g/mol. The maximum atomic E-state index is 12.1. The number of carboxylic acid groups (broad SMARTS) is 1. The molecule has 0 saturated carbocycles. The molecule has 1 saturated heterocycles. The van der Waals surface area contributed by atoms with E-state index in [4.69, 9.17) is 9.47 Å². The van der Waals surface area contributed by atoms with Crippen molar-refractivity contribution in [3.63, 3.8) is 0 Å². The van der Waals surface area contributed by atoms with E-state index < -0.39 is 23.5 Å². The van der Waals surface area contributed by atoms with Crippen LogP contribution in [0.5, 0.6) is 0 Å². The molecule has 1 heterocycles. The Morgan fingerprint density at radius 2 is 2.19 bits per heavy atom. The SMILES string of the molecule is CCCC(C)(NC(=O)C(C)OCC1CCCCO1)C(=O)O. The second-order valence-electron chi connectivity index (χ2n) is 5.84. The van der Waals surface area contributed by atoms with Gasteiger partial charge in [0.1, 0.15) is 11.6 Å². The summed E-state index contributed by atoms with van der Waals surface area (Å²) in [5.74, 6) is -1.43.